The number of nitrogens with one attached hydrogen (secondary N) is 1. The van der Waals surface area contributed by atoms with Gasteiger partial charge in [-0.1, -0.05) is 49.2 Å². The van der Waals surface area contributed by atoms with E-state index in [0.717, 1.165) is 48.3 Å². The van der Waals surface area contributed by atoms with Gasteiger partial charge in [-0.25, -0.2) is 4.68 Å². The lowest BCUT2D eigenvalue weighted by molar-refractivity contribution is -0.125. The molecule has 176 valence electrons. The Morgan fingerprint density at radius 3 is 2.38 bits per heavy atom. The SMILES string of the molecule is Cc1nn(-c2ccccc2)c(C)c1CNC(=O)C1CC2CCCCC2N1C(=O)c1ccccc1. The highest BCUT2D eigenvalue weighted by Crippen LogP contribution is 2.40. The van der Waals surface area contributed by atoms with Crippen molar-refractivity contribution in [2.24, 2.45) is 5.92 Å². The summed E-state index contributed by atoms with van der Waals surface area (Å²) in [5.74, 6) is 0.311. The molecule has 1 aliphatic heterocycles. The third-order valence-corrected chi connectivity index (χ3v) is 7.53. The van der Waals surface area contributed by atoms with Crippen molar-refractivity contribution in [2.75, 3.05) is 0 Å². The monoisotopic (exact) mass is 456 g/mol. The van der Waals surface area contributed by atoms with E-state index in [0.29, 0.717) is 18.0 Å². The third-order valence-electron chi connectivity index (χ3n) is 7.53. The molecule has 2 aliphatic rings. The summed E-state index contributed by atoms with van der Waals surface area (Å²) in [5, 5.41) is 7.85. The number of benzene rings is 2. The highest BCUT2D eigenvalue weighted by Gasteiger charge is 2.47. The zero-order chi connectivity index (χ0) is 23.7. The number of carbonyl (C=O) groups is 2. The summed E-state index contributed by atoms with van der Waals surface area (Å²) in [6, 6.07) is 19.1. The zero-order valence-corrected chi connectivity index (χ0v) is 19.9. The van der Waals surface area contributed by atoms with Crippen LogP contribution >= 0.6 is 0 Å². The Hall–Kier alpha value is -3.41. The molecule has 0 bridgehead atoms. The van der Waals surface area contributed by atoms with Crippen molar-refractivity contribution in [3.63, 3.8) is 0 Å². The summed E-state index contributed by atoms with van der Waals surface area (Å²) in [5.41, 5.74) is 4.59. The molecule has 1 saturated carbocycles. The lowest BCUT2D eigenvalue weighted by atomic mass is 9.84. The van der Waals surface area contributed by atoms with Crippen LogP contribution in [0.5, 0.6) is 0 Å². The lowest BCUT2D eigenvalue weighted by Gasteiger charge is -2.33. The molecule has 1 aliphatic carbocycles. The molecule has 2 heterocycles. The van der Waals surface area contributed by atoms with Crippen LogP contribution in [0.4, 0.5) is 0 Å². The topological polar surface area (TPSA) is 67.2 Å². The smallest absolute Gasteiger partial charge is 0.254 e. The van der Waals surface area contributed by atoms with Gasteiger partial charge in [-0.2, -0.15) is 5.10 Å². The fourth-order valence-electron chi connectivity index (χ4n) is 5.76. The van der Waals surface area contributed by atoms with Crippen LogP contribution in [-0.2, 0) is 11.3 Å². The Labute approximate surface area is 201 Å². The van der Waals surface area contributed by atoms with E-state index in [9.17, 15) is 9.59 Å². The standard InChI is InChI=1S/C28H32N4O2/c1-19-24(20(2)32(30-19)23-14-7-4-8-15-23)18-29-27(33)26-17-22-13-9-10-16-25(22)31(26)28(34)21-11-5-3-6-12-21/h3-8,11-12,14-15,22,25-26H,9-10,13,16-18H2,1-2H3,(H,29,33). The summed E-state index contributed by atoms with van der Waals surface area (Å²) >= 11 is 0. The Morgan fingerprint density at radius 1 is 0.971 bits per heavy atom. The van der Waals surface area contributed by atoms with Gasteiger partial charge in [-0.15, -0.1) is 0 Å². The van der Waals surface area contributed by atoms with E-state index >= 15 is 0 Å². The number of hydrogen-bond acceptors (Lipinski definition) is 3. The molecular weight excluding hydrogens is 424 g/mol. The van der Waals surface area contributed by atoms with Crippen molar-refractivity contribution in [2.45, 2.75) is 64.6 Å². The summed E-state index contributed by atoms with van der Waals surface area (Å²) in [4.78, 5) is 28.9. The number of likely N-dealkylation sites (tertiary alicyclic amines) is 1. The third kappa shape index (κ3) is 4.13. The number of aromatic nitrogens is 2. The molecule has 1 N–H and O–H groups in total. The Bertz CT molecular complexity index is 1170. The highest BCUT2D eigenvalue weighted by atomic mass is 16.2. The van der Waals surface area contributed by atoms with E-state index in [-0.39, 0.29) is 17.9 Å². The lowest BCUT2D eigenvalue weighted by Crippen LogP contribution is -2.49. The maximum Gasteiger partial charge on any atom is 0.254 e. The first-order valence-corrected chi connectivity index (χ1v) is 12.3. The molecule has 5 rings (SSSR count). The van der Waals surface area contributed by atoms with Crippen LogP contribution in [-0.4, -0.2) is 38.6 Å². The number of nitrogens with zero attached hydrogens (tertiary/aromatic N) is 3. The molecule has 3 aromatic rings. The normalized spacial score (nSPS) is 21.8. The van der Waals surface area contributed by atoms with Crippen molar-refractivity contribution < 1.29 is 9.59 Å². The van der Waals surface area contributed by atoms with Crippen LogP contribution in [0.15, 0.2) is 60.7 Å². The van der Waals surface area contributed by atoms with Gasteiger partial charge in [0.05, 0.1) is 11.4 Å². The molecular formula is C28H32N4O2. The van der Waals surface area contributed by atoms with Crippen molar-refractivity contribution in [3.8, 4) is 5.69 Å². The van der Waals surface area contributed by atoms with Gasteiger partial charge in [0.25, 0.3) is 5.91 Å². The molecule has 34 heavy (non-hydrogen) atoms. The number of para-hydroxylation sites is 1. The van der Waals surface area contributed by atoms with E-state index in [2.05, 4.69) is 5.32 Å². The number of rotatable bonds is 5. The molecule has 1 saturated heterocycles. The molecule has 6 nitrogen and oxygen atoms in total. The van der Waals surface area contributed by atoms with Crippen LogP contribution in [0, 0.1) is 19.8 Å². The molecule has 2 aromatic carbocycles. The predicted molar refractivity (Wildman–Crippen MR) is 132 cm³/mol. The largest absolute Gasteiger partial charge is 0.350 e. The Morgan fingerprint density at radius 2 is 1.65 bits per heavy atom. The van der Waals surface area contributed by atoms with E-state index in [1.807, 2.05) is 84.1 Å². The fraction of sp³-hybridized carbons (Fsp3) is 0.393. The summed E-state index contributed by atoms with van der Waals surface area (Å²) < 4.78 is 1.92. The summed E-state index contributed by atoms with van der Waals surface area (Å²) in [6.45, 7) is 4.41. The first-order chi connectivity index (χ1) is 16.5. The van der Waals surface area contributed by atoms with Crippen molar-refractivity contribution in [3.05, 3.63) is 83.2 Å². The molecule has 0 spiro atoms. The zero-order valence-electron chi connectivity index (χ0n) is 19.9. The second kappa shape index (κ2) is 9.45. The van der Waals surface area contributed by atoms with Gasteiger partial charge in [-0.05, 0) is 63.3 Å². The molecule has 3 atom stereocenters. The van der Waals surface area contributed by atoms with E-state index in [1.165, 1.54) is 6.42 Å². The second-order valence-corrected chi connectivity index (χ2v) is 9.56. The molecule has 0 radical (unpaired) electrons. The van der Waals surface area contributed by atoms with Crippen molar-refractivity contribution in [1.29, 1.82) is 0 Å². The van der Waals surface area contributed by atoms with Crippen LogP contribution < -0.4 is 5.32 Å². The Balaban J connectivity index is 1.35. The summed E-state index contributed by atoms with van der Waals surface area (Å²) in [6.07, 6.45) is 5.12. The quantitative estimate of drug-likeness (QED) is 0.611. The average Bonchev–Trinajstić information content (AvgIpc) is 3.40. The molecule has 1 aromatic heterocycles. The van der Waals surface area contributed by atoms with Gasteiger partial charge < -0.3 is 10.2 Å². The second-order valence-electron chi connectivity index (χ2n) is 9.56. The minimum atomic E-state index is -0.425. The maximum absolute atomic E-state index is 13.5. The number of amides is 2. The number of fused-ring (bicyclic) bond motifs is 1. The van der Waals surface area contributed by atoms with Crippen molar-refractivity contribution in [1.82, 2.24) is 20.0 Å². The minimum absolute atomic E-state index is 0.0283. The molecule has 6 heteroatoms. The van der Waals surface area contributed by atoms with Gasteiger partial charge in [0.2, 0.25) is 5.91 Å². The van der Waals surface area contributed by atoms with Gasteiger partial charge >= 0.3 is 0 Å². The van der Waals surface area contributed by atoms with Crippen molar-refractivity contribution >= 4 is 11.8 Å². The molecule has 2 fully saturated rings. The first-order valence-electron chi connectivity index (χ1n) is 12.3. The van der Waals surface area contributed by atoms with E-state index in [4.69, 9.17) is 5.10 Å². The number of carbonyl (C=O) groups excluding carboxylic acids is 2. The maximum atomic E-state index is 13.5. The van der Waals surface area contributed by atoms with Gasteiger partial charge in [0, 0.05) is 29.4 Å². The predicted octanol–water partition coefficient (Wildman–Crippen LogP) is 4.58. The van der Waals surface area contributed by atoms with Gasteiger partial charge in [0.15, 0.2) is 0 Å². The number of aryl methyl sites for hydroxylation is 1. The van der Waals surface area contributed by atoms with Crippen LogP contribution in [0.2, 0.25) is 0 Å². The number of hydrogen-bond donors (Lipinski definition) is 1. The Kier molecular flexibility index (Phi) is 6.22. The summed E-state index contributed by atoms with van der Waals surface area (Å²) in [7, 11) is 0. The van der Waals surface area contributed by atoms with Gasteiger partial charge in [-0.3, -0.25) is 9.59 Å². The highest BCUT2D eigenvalue weighted by molar-refractivity contribution is 5.98. The van der Waals surface area contributed by atoms with E-state index < -0.39 is 6.04 Å². The molecule has 2 amide bonds. The average molecular weight is 457 g/mol. The van der Waals surface area contributed by atoms with E-state index in [1.54, 1.807) is 0 Å². The first kappa shape index (κ1) is 22.4. The van der Waals surface area contributed by atoms with Crippen LogP contribution in [0.25, 0.3) is 5.69 Å². The fourth-order valence-corrected chi connectivity index (χ4v) is 5.76. The molecule has 3 unspecified atom stereocenters. The van der Waals surface area contributed by atoms with Gasteiger partial charge in [0.1, 0.15) is 6.04 Å². The minimum Gasteiger partial charge on any atom is -0.350 e. The van der Waals surface area contributed by atoms with Crippen LogP contribution in [0.3, 0.4) is 0 Å². The van der Waals surface area contributed by atoms with Crippen LogP contribution in [0.1, 0.15) is 59.4 Å².